The molecule has 2 aromatic rings. The standard InChI is InChI=1S/C19H22N2/c1-21(2)13-7-11-17-16-9-4-3-8-15(16)14-20-19-12-6-5-10-18(17)19/h3-6,8-12,20H,7,13-14H2,1-2H3/b17-11-. The lowest BCUT2D eigenvalue weighted by molar-refractivity contribution is 0.417. The fourth-order valence-electron chi connectivity index (χ4n) is 2.83. The van der Waals surface area contributed by atoms with Gasteiger partial charge in [0, 0.05) is 24.3 Å². The largest absolute Gasteiger partial charge is 0.380 e. The smallest absolute Gasteiger partial charge is 0.0422 e. The van der Waals surface area contributed by atoms with Crippen LogP contribution in [0, 0.1) is 0 Å². The van der Waals surface area contributed by atoms with Crippen LogP contribution in [-0.2, 0) is 6.54 Å². The third-order valence-electron chi connectivity index (χ3n) is 3.92. The Labute approximate surface area is 127 Å². The number of anilines is 1. The lowest BCUT2D eigenvalue weighted by Crippen LogP contribution is -2.12. The number of para-hydroxylation sites is 1. The fraction of sp³-hybridized carbons (Fsp3) is 0.263. The zero-order valence-corrected chi connectivity index (χ0v) is 12.8. The molecule has 0 bridgehead atoms. The molecule has 0 amide bonds. The van der Waals surface area contributed by atoms with E-state index in [0.29, 0.717) is 0 Å². The van der Waals surface area contributed by atoms with Crippen molar-refractivity contribution in [3.63, 3.8) is 0 Å². The highest BCUT2D eigenvalue weighted by atomic mass is 15.0. The summed E-state index contributed by atoms with van der Waals surface area (Å²) in [6.45, 7) is 1.96. The molecule has 2 nitrogen and oxygen atoms in total. The van der Waals surface area contributed by atoms with Crippen LogP contribution in [0.2, 0.25) is 0 Å². The second-order valence-electron chi connectivity index (χ2n) is 5.77. The van der Waals surface area contributed by atoms with Gasteiger partial charge in [0.25, 0.3) is 0 Å². The molecule has 21 heavy (non-hydrogen) atoms. The van der Waals surface area contributed by atoms with E-state index in [1.165, 1.54) is 28.0 Å². The summed E-state index contributed by atoms with van der Waals surface area (Å²) >= 11 is 0. The van der Waals surface area contributed by atoms with E-state index in [1.807, 2.05) is 0 Å². The van der Waals surface area contributed by atoms with E-state index < -0.39 is 0 Å². The first-order valence-electron chi connectivity index (χ1n) is 7.52. The predicted molar refractivity (Wildman–Crippen MR) is 90.5 cm³/mol. The molecule has 0 atom stereocenters. The maximum atomic E-state index is 3.56. The Hall–Kier alpha value is -2.06. The Morgan fingerprint density at radius 3 is 2.52 bits per heavy atom. The van der Waals surface area contributed by atoms with Crippen molar-refractivity contribution in [2.24, 2.45) is 0 Å². The van der Waals surface area contributed by atoms with E-state index in [2.05, 4.69) is 78.9 Å². The number of hydrogen-bond donors (Lipinski definition) is 1. The molecule has 108 valence electrons. The van der Waals surface area contributed by atoms with Crippen molar-refractivity contribution in [2.75, 3.05) is 26.0 Å². The number of hydrogen-bond acceptors (Lipinski definition) is 2. The van der Waals surface area contributed by atoms with Crippen LogP contribution in [-0.4, -0.2) is 25.5 Å². The molecule has 1 aliphatic rings. The second kappa shape index (κ2) is 6.15. The Morgan fingerprint density at radius 2 is 1.71 bits per heavy atom. The van der Waals surface area contributed by atoms with Crippen LogP contribution in [0.4, 0.5) is 5.69 Å². The minimum atomic E-state index is 0.887. The van der Waals surface area contributed by atoms with E-state index in [9.17, 15) is 0 Å². The molecule has 3 rings (SSSR count). The van der Waals surface area contributed by atoms with Crippen LogP contribution in [0.5, 0.6) is 0 Å². The number of fused-ring (bicyclic) bond motifs is 2. The maximum Gasteiger partial charge on any atom is 0.0422 e. The SMILES string of the molecule is CN(C)CC/C=C1/c2ccccc2CNc2ccccc21. The van der Waals surface area contributed by atoms with E-state index in [1.54, 1.807) is 0 Å². The van der Waals surface area contributed by atoms with Crippen molar-refractivity contribution in [1.82, 2.24) is 4.90 Å². The van der Waals surface area contributed by atoms with Gasteiger partial charge in [0.15, 0.2) is 0 Å². The van der Waals surface area contributed by atoms with E-state index >= 15 is 0 Å². The van der Waals surface area contributed by atoms with Gasteiger partial charge in [0.05, 0.1) is 0 Å². The zero-order valence-electron chi connectivity index (χ0n) is 12.8. The number of benzene rings is 2. The molecule has 0 spiro atoms. The third kappa shape index (κ3) is 3.01. The van der Waals surface area contributed by atoms with E-state index in [4.69, 9.17) is 0 Å². The average molecular weight is 278 g/mol. The molecule has 0 unspecified atom stereocenters. The van der Waals surface area contributed by atoms with Crippen LogP contribution in [0.15, 0.2) is 54.6 Å². The molecule has 0 saturated carbocycles. The first kappa shape index (κ1) is 13.9. The van der Waals surface area contributed by atoms with Crippen LogP contribution in [0.1, 0.15) is 23.1 Å². The Kier molecular flexibility index (Phi) is 4.07. The molecule has 2 heteroatoms. The Bertz CT molecular complexity index is 607. The van der Waals surface area contributed by atoms with Crippen LogP contribution in [0.3, 0.4) is 0 Å². The third-order valence-corrected chi connectivity index (χ3v) is 3.92. The monoisotopic (exact) mass is 278 g/mol. The topological polar surface area (TPSA) is 15.3 Å². The summed E-state index contributed by atoms with van der Waals surface area (Å²) < 4.78 is 0. The highest BCUT2D eigenvalue weighted by Crippen LogP contribution is 2.35. The Balaban J connectivity index is 2.07. The molecule has 0 aromatic heterocycles. The molecule has 1 aliphatic heterocycles. The van der Waals surface area contributed by atoms with Gasteiger partial charge in [0.1, 0.15) is 0 Å². The summed E-state index contributed by atoms with van der Waals surface area (Å²) in [4.78, 5) is 2.23. The van der Waals surface area contributed by atoms with Gasteiger partial charge < -0.3 is 10.2 Å². The van der Waals surface area contributed by atoms with Crippen LogP contribution in [0.25, 0.3) is 5.57 Å². The molecule has 1 N–H and O–H groups in total. The first-order valence-corrected chi connectivity index (χ1v) is 7.52. The van der Waals surface area contributed by atoms with Gasteiger partial charge in [-0.05, 0) is 43.3 Å². The lowest BCUT2D eigenvalue weighted by atomic mass is 9.93. The Morgan fingerprint density at radius 1 is 1.00 bits per heavy atom. The summed E-state index contributed by atoms with van der Waals surface area (Å²) in [5, 5.41) is 3.56. The van der Waals surface area contributed by atoms with Gasteiger partial charge in [-0.3, -0.25) is 0 Å². The van der Waals surface area contributed by atoms with Crippen molar-refractivity contribution in [3.8, 4) is 0 Å². The van der Waals surface area contributed by atoms with Crippen molar-refractivity contribution >= 4 is 11.3 Å². The highest BCUT2D eigenvalue weighted by Gasteiger charge is 2.16. The summed E-state index contributed by atoms with van der Waals surface area (Å²) in [5.74, 6) is 0. The van der Waals surface area contributed by atoms with Crippen molar-refractivity contribution in [2.45, 2.75) is 13.0 Å². The lowest BCUT2D eigenvalue weighted by Gasteiger charge is -2.12. The summed E-state index contributed by atoms with van der Waals surface area (Å²) in [6.07, 6.45) is 3.44. The van der Waals surface area contributed by atoms with Crippen molar-refractivity contribution in [3.05, 3.63) is 71.3 Å². The fourth-order valence-corrected chi connectivity index (χ4v) is 2.83. The number of nitrogens with one attached hydrogen (secondary N) is 1. The van der Waals surface area contributed by atoms with Gasteiger partial charge in [0.2, 0.25) is 0 Å². The van der Waals surface area contributed by atoms with Gasteiger partial charge in [-0.15, -0.1) is 0 Å². The molecule has 0 fully saturated rings. The van der Waals surface area contributed by atoms with E-state index in [-0.39, 0.29) is 0 Å². The van der Waals surface area contributed by atoms with Gasteiger partial charge in [-0.2, -0.15) is 0 Å². The maximum absolute atomic E-state index is 3.56. The minimum absolute atomic E-state index is 0.887. The van der Waals surface area contributed by atoms with Gasteiger partial charge in [-0.25, -0.2) is 0 Å². The zero-order chi connectivity index (χ0) is 14.7. The molecular formula is C19H22N2. The highest BCUT2D eigenvalue weighted by molar-refractivity contribution is 5.88. The normalized spacial score (nSPS) is 15.3. The molecule has 2 aromatic carbocycles. The minimum Gasteiger partial charge on any atom is -0.380 e. The van der Waals surface area contributed by atoms with Crippen LogP contribution >= 0.6 is 0 Å². The summed E-state index contributed by atoms with van der Waals surface area (Å²) in [5.41, 5.74) is 6.61. The summed E-state index contributed by atoms with van der Waals surface area (Å²) in [6, 6.07) is 17.3. The van der Waals surface area contributed by atoms with Crippen LogP contribution < -0.4 is 5.32 Å². The quantitative estimate of drug-likeness (QED) is 0.913. The predicted octanol–water partition coefficient (Wildman–Crippen LogP) is 4.00. The molecular weight excluding hydrogens is 256 g/mol. The molecule has 0 radical (unpaired) electrons. The van der Waals surface area contributed by atoms with Gasteiger partial charge >= 0.3 is 0 Å². The van der Waals surface area contributed by atoms with Crippen molar-refractivity contribution < 1.29 is 0 Å². The average Bonchev–Trinajstić information content (AvgIpc) is 2.65. The molecule has 0 aliphatic carbocycles. The second-order valence-corrected chi connectivity index (χ2v) is 5.77. The molecule has 0 saturated heterocycles. The van der Waals surface area contributed by atoms with Gasteiger partial charge in [-0.1, -0.05) is 48.5 Å². The van der Waals surface area contributed by atoms with E-state index in [0.717, 1.165) is 19.5 Å². The first-order chi connectivity index (χ1) is 10.3. The molecule has 1 heterocycles. The number of rotatable bonds is 3. The van der Waals surface area contributed by atoms with Crippen molar-refractivity contribution in [1.29, 1.82) is 0 Å². The number of nitrogens with zero attached hydrogens (tertiary/aromatic N) is 1. The summed E-state index contributed by atoms with van der Waals surface area (Å²) in [7, 11) is 4.24.